The lowest BCUT2D eigenvalue weighted by molar-refractivity contribution is -0.121. The highest BCUT2D eigenvalue weighted by Gasteiger charge is 2.11. The Morgan fingerprint density at radius 3 is 2.49 bits per heavy atom. The van der Waals surface area contributed by atoms with E-state index in [2.05, 4.69) is 10.4 Å². The van der Waals surface area contributed by atoms with Crippen LogP contribution in [0.25, 0.3) is 16.8 Å². The molecule has 0 atom stereocenters. The second-order valence-electron chi connectivity index (χ2n) is 7.83. The fourth-order valence-electron chi connectivity index (χ4n) is 3.73. The summed E-state index contributed by atoms with van der Waals surface area (Å²) >= 11 is 0. The van der Waals surface area contributed by atoms with Crippen LogP contribution in [0.3, 0.4) is 0 Å². The standard InChI is InChI=1S/C26H28N4O5/c1-4-35-20-8-6-19(7-9-20)21-16-22-26(32)29(13-14-30(22)28-21)12-11-25(31)27-17-18-5-10-23(33-2)24(15-18)34-3/h5-10,13-16H,4,11-12,17H2,1-3H3,(H,27,31). The van der Waals surface area contributed by atoms with E-state index in [4.69, 9.17) is 14.2 Å². The third kappa shape index (κ3) is 5.46. The topological polar surface area (TPSA) is 96.1 Å². The number of amides is 1. The van der Waals surface area contributed by atoms with Gasteiger partial charge in [0.1, 0.15) is 11.3 Å². The van der Waals surface area contributed by atoms with E-state index in [0.29, 0.717) is 35.9 Å². The summed E-state index contributed by atoms with van der Waals surface area (Å²) in [6, 6.07) is 14.8. The maximum absolute atomic E-state index is 13.0. The highest BCUT2D eigenvalue weighted by Crippen LogP contribution is 2.27. The maximum Gasteiger partial charge on any atom is 0.276 e. The van der Waals surface area contributed by atoms with Crippen LogP contribution >= 0.6 is 0 Å². The molecule has 1 N–H and O–H groups in total. The SMILES string of the molecule is CCOc1ccc(-c2cc3c(=O)n(CCC(=O)NCc4ccc(OC)c(OC)c4)ccn3n2)cc1. The molecule has 2 heterocycles. The molecule has 0 unspecified atom stereocenters. The molecule has 9 heteroatoms. The lowest BCUT2D eigenvalue weighted by atomic mass is 10.1. The van der Waals surface area contributed by atoms with Gasteiger partial charge in [-0.25, -0.2) is 4.52 Å². The first-order valence-corrected chi connectivity index (χ1v) is 11.3. The minimum absolute atomic E-state index is 0.157. The van der Waals surface area contributed by atoms with Gasteiger partial charge in [-0.05, 0) is 55.0 Å². The predicted molar refractivity (Wildman–Crippen MR) is 132 cm³/mol. The second kappa shape index (κ2) is 10.8. The number of aromatic nitrogens is 3. The van der Waals surface area contributed by atoms with Crippen LogP contribution in [0.2, 0.25) is 0 Å². The molecule has 0 radical (unpaired) electrons. The van der Waals surface area contributed by atoms with Gasteiger partial charge in [0.2, 0.25) is 5.91 Å². The van der Waals surface area contributed by atoms with E-state index in [9.17, 15) is 9.59 Å². The van der Waals surface area contributed by atoms with Gasteiger partial charge in [0.25, 0.3) is 5.56 Å². The number of rotatable bonds is 10. The summed E-state index contributed by atoms with van der Waals surface area (Å²) in [6.45, 7) is 3.14. The molecule has 35 heavy (non-hydrogen) atoms. The molecule has 0 bridgehead atoms. The number of hydrogen-bond acceptors (Lipinski definition) is 6. The van der Waals surface area contributed by atoms with Gasteiger partial charge in [0, 0.05) is 37.5 Å². The minimum Gasteiger partial charge on any atom is -0.494 e. The summed E-state index contributed by atoms with van der Waals surface area (Å²) in [4.78, 5) is 25.4. The minimum atomic E-state index is -0.204. The molecule has 0 saturated carbocycles. The third-order valence-corrected chi connectivity index (χ3v) is 5.58. The third-order valence-electron chi connectivity index (χ3n) is 5.58. The van der Waals surface area contributed by atoms with Crippen molar-refractivity contribution in [2.75, 3.05) is 20.8 Å². The Morgan fingerprint density at radius 1 is 1.00 bits per heavy atom. The van der Waals surface area contributed by atoms with Crippen molar-refractivity contribution >= 4 is 11.4 Å². The Hall–Kier alpha value is -4.27. The quantitative estimate of drug-likeness (QED) is 0.377. The van der Waals surface area contributed by atoms with E-state index in [1.165, 1.54) is 4.57 Å². The molecule has 0 aliphatic rings. The van der Waals surface area contributed by atoms with Crippen molar-refractivity contribution < 1.29 is 19.0 Å². The first-order valence-electron chi connectivity index (χ1n) is 11.3. The summed E-state index contributed by atoms with van der Waals surface area (Å²) in [5.41, 5.74) is 2.70. The van der Waals surface area contributed by atoms with Crippen LogP contribution in [0.15, 0.2) is 65.7 Å². The number of nitrogens with one attached hydrogen (secondary N) is 1. The van der Waals surface area contributed by atoms with E-state index >= 15 is 0 Å². The van der Waals surface area contributed by atoms with Crippen molar-refractivity contribution in [3.63, 3.8) is 0 Å². The van der Waals surface area contributed by atoms with Crippen LogP contribution in [0.1, 0.15) is 18.9 Å². The smallest absolute Gasteiger partial charge is 0.276 e. The number of ether oxygens (including phenoxy) is 3. The van der Waals surface area contributed by atoms with Gasteiger partial charge in [0.05, 0.1) is 26.5 Å². The van der Waals surface area contributed by atoms with Gasteiger partial charge >= 0.3 is 0 Å². The molecular formula is C26H28N4O5. The molecule has 0 aliphatic heterocycles. The number of carbonyl (C=O) groups excluding carboxylic acids is 1. The van der Waals surface area contributed by atoms with Crippen molar-refractivity contribution in [1.29, 1.82) is 0 Å². The molecule has 2 aromatic heterocycles. The summed E-state index contributed by atoms with van der Waals surface area (Å²) in [7, 11) is 3.14. The maximum atomic E-state index is 13.0. The average molecular weight is 477 g/mol. The van der Waals surface area contributed by atoms with Crippen molar-refractivity contribution in [2.24, 2.45) is 0 Å². The number of benzene rings is 2. The van der Waals surface area contributed by atoms with Gasteiger partial charge < -0.3 is 24.1 Å². The summed E-state index contributed by atoms with van der Waals surface area (Å²) in [6.07, 6.45) is 3.53. The molecule has 0 aliphatic carbocycles. The fourth-order valence-corrected chi connectivity index (χ4v) is 3.73. The summed E-state index contributed by atoms with van der Waals surface area (Å²) < 4.78 is 19.1. The highest BCUT2D eigenvalue weighted by molar-refractivity contribution is 5.75. The van der Waals surface area contributed by atoms with Crippen molar-refractivity contribution in [3.8, 4) is 28.5 Å². The number of nitrogens with zero attached hydrogens (tertiary/aromatic N) is 3. The molecule has 4 rings (SSSR count). The van der Waals surface area contributed by atoms with Crippen molar-refractivity contribution in [1.82, 2.24) is 19.5 Å². The number of aryl methyl sites for hydroxylation is 1. The normalized spacial score (nSPS) is 10.8. The molecular weight excluding hydrogens is 448 g/mol. The lowest BCUT2D eigenvalue weighted by Crippen LogP contribution is -2.27. The number of methoxy groups -OCH3 is 2. The van der Waals surface area contributed by atoms with Crippen molar-refractivity contribution in [3.05, 3.63) is 76.8 Å². The first kappa shape index (κ1) is 23.9. The van der Waals surface area contributed by atoms with Crippen LogP contribution in [-0.2, 0) is 17.9 Å². The largest absolute Gasteiger partial charge is 0.494 e. The van der Waals surface area contributed by atoms with Crippen LogP contribution in [0.5, 0.6) is 17.2 Å². The second-order valence-corrected chi connectivity index (χ2v) is 7.83. The average Bonchev–Trinajstić information content (AvgIpc) is 3.33. The molecule has 1 amide bonds. The van der Waals surface area contributed by atoms with Gasteiger partial charge in [-0.15, -0.1) is 0 Å². The molecule has 0 spiro atoms. The van der Waals surface area contributed by atoms with E-state index in [1.807, 2.05) is 43.3 Å². The van der Waals surface area contributed by atoms with Gasteiger partial charge in [-0.1, -0.05) is 6.07 Å². The zero-order valence-electron chi connectivity index (χ0n) is 20.0. The predicted octanol–water partition coefficient (Wildman–Crippen LogP) is 3.29. The Bertz CT molecular complexity index is 1380. The zero-order valence-corrected chi connectivity index (χ0v) is 20.0. The highest BCUT2D eigenvalue weighted by atomic mass is 16.5. The number of carbonyl (C=O) groups is 1. The van der Waals surface area contributed by atoms with Crippen LogP contribution in [-0.4, -0.2) is 40.9 Å². The molecule has 4 aromatic rings. The van der Waals surface area contributed by atoms with Crippen LogP contribution < -0.4 is 25.1 Å². The van der Waals surface area contributed by atoms with Gasteiger partial charge in [-0.3, -0.25) is 9.59 Å². The lowest BCUT2D eigenvalue weighted by Gasteiger charge is -2.11. The van der Waals surface area contributed by atoms with Gasteiger partial charge in [0.15, 0.2) is 11.5 Å². The number of hydrogen-bond donors (Lipinski definition) is 1. The van der Waals surface area contributed by atoms with E-state index < -0.39 is 0 Å². The van der Waals surface area contributed by atoms with Crippen LogP contribution in [0.4, 0.5) is 0 Å². The van der Waals surface area contributed by atoms with E-state index in [-0.39, 0.29) is 24.4 Å². The molecule has 9 nitrogen and oxygen atoms in total. The van der Waals surface area contributed by atoms with Crippen molar-refractivity contribution in [2.45, 2.75) is 26.4 Å². The zero-order chi connectivity index (χ0) is 24.8. The molecule has 0 fully saturated rings. The molecule has 2 aromatic carbocycles. The summed E-state index contributed by atoms with van der Waals surface area (Å²) in [5.74, 6) is 1.86. The van der Waals surface area contributed by atoms with Crippen LogP contribution in [0, 0.1) is 0 Å². The van der Waals surface area contributed by atoms with Gasteiger partial charge in [-0.2, -0.15) is 5.10 Å². The fraction of sp³-hybridized carbons (Fsp3) is 0.269. The first-order chi connectivity index (χ1) is 17.0. The summed E-state index contributed by atoms with van der Waals surface area (Å²) in [5, 5.41) is 7.38. The number of fused-ring (bicyclic) bond motifs is 1. The molecule has 182 valence electrons. The monoisotopic (exact) mass is 476 g/mol. The Balaban J connectivity index is 1.40. The Kier molecular flexibility index (Phi) is 7.35. The van der Waals surface area contributed by atoms with E-state index in [1.54, 1.807) is 43.3 Å². The van der Waals surface area contributed by atoms with E-state index in [0.717, 1.165) is 16.9 Å². The molecule has 0 saturated heterocycles. The Morgan fingerprint density at radius 2 is 1.77 bits per heavy atom. The Labute approximate surface area is 202 Å².